The van der Waals surface area contributed by atoms with E-state index in [0.717, 1.165) is 10.9 Å². The minimum Gasteiger partial charge on any atom is -0.480 e. The Labute approximate surface area is 145 Å². The highest BCUT2D eigenvalue weighted by Crippen LogP contribution is 2.14. The van der Waals surface area contributed by atoms with Gasteiger partial charge in [0.2, 0.25) is 0 Å². The summed E-state index contributed by atoms with van der Waals surface area (Å²) in [7, 11) is 0. The lowest BCUT2D eigenvalue weighted by molar-refractivity contribution is -0.145. The molecule has 1 aromatic heterocycles. The van der Waals surface area contributed by atoms with Crippen molar-refractivity contribution in [1.29, 1.82) is 0 Å². The second-order valence-corrected chi connectivity index (χ2v) is 5.69. The number of benzene rings is 1. The molecule has 2 rings (SSSR count). The third-order valence-corrected chi connectivity index (χ3v) is 3.77. The van der Waals surface area contributed by atoms with Crippen molar-refractivity contribution in [3.63, 3.8) is 0 Å². The van der Waals surface area contributed by atoms with Crippen LogP contribution < -0.4 is 5.32 Å². The molecule has 1 aromatic carbocycles. The van der Waals surface area contributed by atoms with Crippen LogP contribution in [0.3, 0.4) is 0 Å². The van der Waals surface area contributed by atoms with Gasteiger partial charge in [-0.25, -0.2) is 4.79 Å². The molecule has 7 nitrogen and oxygen atoms in total. The van der Waals surface area contributed by atoms with E-state index in [2.05, 4.69) is 10.3 Å². The molecule has 1 amide bonds. The summed E-state index contributed by atoms with van der Waals surface area (Å²) in [5.41, 5.74) is 0.998. The number of aliphatic carboxylic acids is 1. The maximum absolute atomic E-state index is 12.4. The van der Waals surface area contributed by atoms with Crippen LogP contribution in [0.1, 0.15) is 30.6 Å². The molecule has 1 heterocycles. The third-order valence-electron chi connectivity index (χ3n) is 3.77. The van der Waals surface area contributed by atoms with Crippen LogP contribution in [0.15, 0.2) is 36.5 Å². The lowest BCUT2D eigenvalue weighted by Gasteiger charge is -2.20. The molecule has 2 atom stereocenters. The first-order chi connectivity index (χ1) is 11.9. The number of carbonyl (C=O) groups excluding carboxylic acids is 2. The number of hydrogen-bond donors (Lipinski definition) is 2. The fourth-order valence-electron chi connectivity index (χ4n) is 2.47. The Morgan fingerprint density at radius 1 is 1.28 bits per heavy atom. The molecule has 0 unspecified atom stereocenters. The van der Waals surface area contributed by atoms with Gasteiger partial charge in [-0.3, -0.25) is 14.6 Å². The van der Waals surface area contributed by atoms with E-state index in [4.69, 9.17) is 4.74 Å². The Kier molecular flexibility index (Phi) is 6.05. The number of carboxylic acids is 1. The number of para-hydroxylation sites is 1. The molecule has 132 valence electrons. The van der Waals surface area contributed by atoms with Crippen LogP contribution in [-0.4, -0.2) is 40.6 Å². The third kappa shape index (κ3) is 4.76. The van der Waals surface area contributed by atoms with Crippen molar-refractivity contribution < 1.29 is 24.2 Å². The highest BCUT2D eigenvalue weighted by molar-refractivity contribution is 5.99. The molecule has 0 fully saturated rings. The molecule has 0 aliphatic carbocycles. The number of nitrogens with one attached hydrogen (secondary N) is 1. The van der Waals surface area contributed by atoms with Crippen molar-refractivity contribution in [2.75, 3.05) is 6.61 Å². The minimum absolute atomic E-state index is 0.0962. The van der Waals surface area contributed by atoms with Crippen molar-refractivity contribution in [3.8, 4) is 0 Å². The molecular formula is C18H20N2O5. The van der Waals surface area contributed by atoms with E-state index in [1.807, 2.05) is 24.3 Å². The number of carbonyl (C=O) groups is 3. The second-order valence-electron chi connectivity index (χ2n) is 5.69. The number of carboxylic acid groups (broad SMARTS) is 1. The van der Waals surface area contributed by atoms with E-state index in [9.17, 15) is 19.5 Å². The molecular weight excluding hydrogens is 324 g/mol. The van der Waals surface area contributed by atoms with Gasteiger partial charge in [0.15, 0.2) is 0 Å². The minimum atomic E-state index is -1.21. The number of fused-ring (bicyclic) bond motifs is 1. The number of rotatable bonds is 7. The van der Waals surface area contributed by atoms with E-state index in [0.29, 0.717) is 0 Å². The van der Waals surface area contributed by atoms with Gasteiger partial charge in [-0.2, -0.15) is 0 Å². The van der Waals surface area contributed by atoms with E-state index >= 15 is 0 Å². The topological polar surface area (TPSA) is 106 Å². The van der Waals surface area contributed by atoms with Crippen molar-refractivity contribution in [2.24, 2.45) is 5.92 Å². The Bertz CT molecular complexity index is 790. The van der Waals surface area contributed by atoms with Crippen LogP contribution >= 0.6 is 0 Å². The monoisotopic (exact) mass is 344 g/mol. The van der Waals surface area contributed by atoms with E-state index in [-0.39, 0.29) is 18.6 Å². The maximum Gasteiger partial charge on any atom is 0.326 e. The lowest BCUT2D eigenvalue weighted by Crippen LogP contribution is -2.45. The summed E-state index contributed by atoms with van der Waals surface area (Å²) < 4.78 is 4.83. The molecule has 2 N–H and O–H groups in total. The van der Waals surface area contributed by atoms with E-state index in [1.165, 1.54) is 6.20 Å². The summed E-state index contributed by atoms with van der Waals surface area (Å²) in [5, 5.41) is 12.6. The van der Waals surface area contributed by atoms with Crippen molar-refractivity contribution in [2.45, 2.75) is 26.3 Å². The zero-order valence-corrected chi connectivity index (χ0v) is 14.1. The largest absolute Gasteiger partial charge is 0.480 e. The van der Waals surface area contributed by atoms with Crippen LogP contribution in [0.25, 0.3) is 10.9 Å². The Balaban J connectivity index is 2.13. The molecule has 25 heavy (non-hydrogen) atoms. The first-order valence-electron chi connectivity index (χ1n) is 7.96. The smallest absolute Gasteiger partial charge is 0.326 e. The molecule has 0 bridgehead atoms. The van der Waals surface area contributed by atoms with Gasteiger partial charge in [-0.15, -0.1) is 0 Å². The quantitative estimate of drug-likeness (QED) is 0.744. The predicted molar refractivity (Wildman–Crippen MR) is 91.0 cm³/mol. The zero-order chi connectivity index (χ0) is 18.4. The van der Waals surface area contributed by atoms with Crippen molar-refractivity contribution in [3.05, 3.63) is 42.1 Å². The van der Waals surface area contributed by atoms with Crippen LogP contribution in [0.2, 0.25) is 0 Å². The van der Waals surface area contributed by atoms with Gasteiger partial charge in [0.1, 0.15) is 6.04 Å². The standard InChI is InChI=1S/C18H20N2O5/c1-3-25-15(21)8-11(2)16(18(23)24)20-17(22)13-9-12-6-4-5-7-14(12)19-10-13/h4-7,9-11,16H,3,8H2,1-2H3,(H,20,22)(H,23,24)/t11-,16-/m1/s1. The molecule has 7 heteroatoms. The highest BCUT2D eigenvalue weighted by atomic mass is 16.5. The summed E-state index contributed by atoms with van der Waals surface area (Å²) in [6.45, 7) is 3.47. The van der Waals surface area contributed by atoms with Crippen molar-refractivity contribution >= 4 is 28.7 Å². The molecule has 0 saturated carbocycles. The fourth-order valence-corrected chi connectivity index (χ4v) is 2.47. The second kappa shape index (κ2) is 8.23. The average Bonchev–Trinajstić information content (AvgIpc) is 2.58. The number of hydrogen-bond acceptors (Lipinski definition) is 5. The average molecular weight is 344 g/mol. The van der Waals surface area contributed by atoms with Crippen LogP contribution in [0.5, 0.6) is 0 Å². The Morgan fingerprint density at radius 2 is 2.00 bits per heavy atom. The number of aromatic nitrogens is 1. The Morgan fingerprint density at radius 3 is 2.68 bits per heavy atom. The molecule has 0 spiro atoms. The fraction of sp³-hybridized carbons (Fsp3) is 0.333. The zero-order valence-electron chi connectivity index (χ0n) is 14.1. The summed E-state index contributed by atoms with van der Waals surface area (Å²) in [6, 6.07) is 7.74. The van der Waals surface area contributed by atoms with Gasteiger partial charge in [0, 0.05) is 11.6 Å². The number of pyridine rings is 1. The van der Waals surface area contributed by atoms with Gasteiger partial charge in [-0.1, -0.05) is 25.1 Å². The van der Waals surface area contributed by atoms with E-state index < -0.39 is 29.8 Å². The molecule has 2 aromatic rings. The predicted octanol–water partition coefficient (Wildman–Crippen LogP) is 2.01. The van der Waals surface area contributed by atoms with Gasteiger partial charge < -0.3 is 15.2 Å². The van der Waals surface area contributed by atoms with Crippen LogP contribution in [-0.2, 0) is 14.3 Å². The number of ether oxygens (including phenoxy) is 1. The van der Waals surface area contributed by atoms with E-state index in [1.54, 1.807) is 19.9 Å². The molecule has 0 radical (unpaired) electrons. The van der Waals surface area contributed by atoms with Crippen molar-refractivity contribution in [1.82, 2.24) is 10.3 Å². The first-order valence-corrected chi connectivity index (χ1v) is 7.96. The number of esters is 1. The molecule has 0 saturated heterocycles. The summed E-state index contributed by atoms with van der Waals surface area (Å²) in [4.78, 5) is 39.6. The van der Waals surface area contributed by atoms with Crippen LogP contribution in [0.4, 0.5) is 0 Å². The number of amides is 1. The van der Waals surface area contributed by atoms with Gasteiger partial charge in [0.25, 0.3) is 5.91 Å². The number of nitrogens with zero attached hydrogens (tertiary/aromatic N) is 1. The Hall–Kier alpha value is -2.96. The molecule has 0 aliphatic rings. The summed E-state index contributed by atoms with van der Waals surface area (Å²) in [5.74, 6) is -2.88. The van der Waals surface area contributed by atoms with Gasteiger partial charge >= 0.3 is 11.9 Å². The summed E-state index contributed by atoms with van der Waals surface area (Å²) >= 11 is 0. The molecule has 0 aliphatic heterocycles. The summed E-state index contributed by atoms with van der Waals surface area (Å²) in [6.07, 6.45) is 1.30. The lowest BCUT2D eigenvalue weighted by atomic mass is 9.98. The SMILES string of the molecule is CCOC(=O)C[C@@H](C)[C@@H](NC(=O)c1cnc2ccccc2c1)C(=O)O. The first kappa shape index (κ1) is 18.4. The van der Waals surface area contributed by atoms with Crippen LogP contribution in [0, 0.1) is 5.92 Å². The maximum atomic E-state index is 12.4. The normalized spacial score (nSPS) is 13.0. The van der Waals surface area contributed by atoms with Gasteiger partial charge in [0.05, 0.1) is 24.1 Å². The highest BCUT2D eigenvalue weighted by Gasteiger charge is 2.29. The van der Waals surface area contributed by atoms with Gasteiger partial charge in [-0.05, 0) is 25.0 Å².